The number of ether oxygens (including phenoxy) is 1. The Morgan fingerprint density at radius 1 is 1.38 bits per heavy atom. The summed E-state index contributed by atoms with van der Waals surface area (Å²) in [6.45, 7) is 8.00. The van der Waals surface area contributed by atoms with Gasteiger partial charge in [-0.1, -0.05) is 32.4 Å². The molecule has 118 valence electrons. The first-order valence-electron chi connectivity index (χ1n) is 7.26. The van der Waals surface area contributed by atoms with Crippen LogP contribution >= 0.6 is 11.6 Å². The summed E-state index contributed by atoms with van der Waals surface area (Å²) in [5.41, 5.74) is 0.745. The highest BCUT2D eigenvalue weighted by molar-refractivity contribution is 6.30. The van der Waals surface area contributed by atoms with Gasteiger partial charge in [0.15, 0.2) is 0 Å². The number of anilines is 1. The number of aromatic nitrogens is 2. The highest BCUT2D eigenvalue weighted by Gasteiger charge is 2.22. The summed E-state index contributed by atoms with van der Waals surface area (Å²) in [5.74, 6) is 1.35. The molecule has 1 atom stereocenters. The van der Waals surface area contributed by atoms with E-state index in [1.54, 1.807) is 0 Å². The molecule has 0 radical (unpaired) electrons. The van der Waals surface area contributed by atoms with Gasteiger partial charge in [0.1, 0.15) is 22.8 Å². The maximum atomic E-state index is 11.9. The maximum absolute atomic E-state index is 11.9. The van der Waals surface area contributed by atoms with Gasteiger partial charge >= 0.3 is 5.97 Å². The van der Waals surface area contributed by atoms with E-state index in [0.29, 0.717) is 29.1 Å². The molecule has 0 aliphatic heterocycles. The van der Waals surface area contributed by atoms with E-state index in [9.17, 15) is 4.79 Å². The number of aryl methyl sites for hydroxylation is 1. The second kappa shape index (κ2) is 8.17. The Bertz CT molecular complexity index is 492. The molecular formula is C15H24ClN3O2. The third kappa shape index (κ3) is 5.16. The van der Waals surface area contributed by atoms with Crippen LogP contribution in [0, 0.1) is 12.8 Å². The molecule has 5 nitrogen and oxygen atoms in total. The fourth-order valence-electron chi connectivity index (χ4n) is 2.00. The number of nitrogens with one attached hydrogen (secondary N) is 1. The first-order chi connectivity index (χ1) is 9.88. The van der Waals surface area contributed by atoms with E-state index in [-0.39, 0.29) is 5.97 Å². The van der Waals surface area contributed by atoms with Gasteiger partial charge in [-0.15, -0.1) is 0 Å². The zero-order valence-electron chi connectivity index (χ0n) is 13.4. The fourth-order valence-corrected chi connectivity index (χ4v) is 2.19. The molecule has 1 aromatic rings. The van der Waals surface area contributed by atoms with Crippen molar-refractivity contribution >= 4 is 23.4 Å². The van der Waals surface area contributed by atoms with Crippen LogP contribution in [0.3, 0.4) is 0 Å². The van der Waals surface area contributed by atoms with Crippen LogP contribution in [0.1, 0.15) is 45.0 Å². The molecule has 21 heavy (non-hydrogen) atoms. The number of esters is 1. The molecular weight excluding hydrogens is 290 g/mol. The number of methoxy groups -OCH3 is 1. The third-order valence-corrected chi connectivity index (χ3v) is 3.48. The highest BCUT2D eigenvalue weighted by Crippen LogP contribution is 2.22. The molecule has 1 N–H and O–H groups in total. The van der Waals surface area contributed by atoms with Gasteiger partial charge in [0.25, 0.3) is 0 Å². The van der Waals surface area contributed by atoms with Crippen LogP contribution in [-0.4, -0.2) is 29.1 Å². The molecule has 0 amide bonds. The minimum absolute atomic E-state index is 0.296. The van der Waals surface area contributed by atoms with Crippen molar-refractivity contribution in [3.05, 3.63) is 16.5 Å². The molecule has 1 rings (SSSR count). The van der Waals surface area contributed by atoms with Crippen LogP contribution in [0.25, 0.3) is 0 Å². The van der Waals surface area contributed by atoms with E-state index in [2.05, 4.69) is 36.1 Å². The molecule has 0 aromatic carbocycles. The zero-order valence-corrected chi connectivity index (χ0v) is 14.1. The SMILES string of the molecule is CCCc1nc(Cl)c(C)c(NC(CC(C)C)C(=O)OC)n1. The van der Waals surface area contributed by atoms with E-state index >= 15 is 0 Å². The van der Waals surface area contributed by atoms with Crippen LogP contribution in [0.5, 0.6) is 0 Å². The molecule has 0 fully saturated rings. The van der Waals surface area contributed by atoms with Crippen LogP contribution < -0.4 is 5.32 Å². The van der Waals surface area contributed by atoms with E-state index in [1.165, 1.54) is 7.11 Å². The molecule has 0 spiro atoms. The maximum Gasteiger partial charge on any atom is 0.328 e. The van der Waals surface area contributed by atoms with Crippen molar-refractivity contribution in [3.63, 3.8) is 0 Å². The van der Waals surface area contributed by atoms with E-state index in [4.69, 9.17) is 16.3 Å². The van der Waals surface area contributed by atoms with Crippen molar-refractivity contribution in [1.82, 2.24) is 9.97 Å². The number of halogens is 1. The quantitative estimate of drug-likeness (QED) is 0.617. The topological polar surface area (TPSA) is 64.1 Å². The second-order valence-corrected chi connectivity index (χ2v) is 5.86. The molecule has 0 saturated heterocycles. The predicted octanol–water partition coefficient (Wildman–Crippen LogP) is 3.39. The third-order valence-electron chi connectivity index (χ3n) is 3.11. The lowest BCUT2D eigenvalue weighted by atomic mass is 10.0. The van der Waals surface area contributed by atoms with Gasteiger partial charge in [0.2, 0.25) is 0 Å². The summed E-state index contributed by atoms with van der Waals surface area (Å²) in [4.78, 5) is 20.6. The van der Waals surface area contributed by atoms with Gasteiger partial charge in [0, 0.05) is 12.0 Å². The minimum atomic E-state index is -0.436. The normalized spacial score (nSPS) is 12.3. The van der Waals surface area contributed by atoms with Crippen LogP contribution in [0.4, 0.5) is 5.82 Å². The van der Waals surface area contributed by atoms with Gasteiger partial charge in [-0.3, -0.25) is 0 Å². The Balaban J connectivity index is 3.04. The summed E-state index contributed by atoms with van der Waals surface area (Å²) in [6.07, 6.45) is 2.35. The number of carbonyl (C=O) groups is 1. The molecule has 0 bridgehead atoms. The summed E-state index contributed by atoms with van der Waals surface area (Å²) in [6, 6.07) is -0.436. The first-order valence-corrected chi connectivity index (χ1v) is 7.64. The van der Waals surface area contributed by atoms with Crippen molar-refractivity contribution in [2.75, 3.05) is 12.4 Å². The largest absolute Gasteiger partial charge is 0.467 e. The van der Waals surface area contributed by atoms with Gasteiger partial charge in [0.05, 0.1) is 7.11 Å². The summed E-state index contributed by atoms with van der Waals surface area (Å²) in [5, 5.41) is 3.58. The fraction of sp³-hybridized carbons (Fsp3) is 0.667. The first kappa shape index (κ1) is 17.7. The molecule has 0 aliphatic rings. The highest BCUT2D eigenvalue weighted by atomic mass is 35.5. The minimum Gasteiger partial charge on any atom is -0.467 e. The van der Waals surface area contributed by atoms with Crippen LogP contribution in [0.15, 0.2) is 0 Å². The summed E-state index contributed by atoms with van der Waals surface area (Å²) >= 11 is 6.15. The zero-order chi connectivity index (χ0) is 16.0. The van der Waals surface area contributed by atoms with Crippen LogP contribution in [-0.2, 0) is 16.0 Å². The monoisotopic (exact) mass is 313 g/mol. The Labute approximate surface area is 131 Å². The number of hydrogen-bond donors (Lipinski definition) is 1. The summed E-state index contributed by atoms with van der Waals surface area (Å²) < 4.78 is 4.86. The number of hydrogen-bond acceptors (Lipinski definition) is 5. The lowest BCUT2D eigenvalue weighted by Crippen LogP contribution is -2.33. The smallest absolute Gasteiger partial charge is 0.328 e. The van der Waals surface area contributed by atoms with E-state index < -0.39 is 6.04 Å². The van der Waals surface area contributed by atoms with Crippen molar-refractivity contribution in [2.45, 2.75) is 53.0 Å². The Kier molecular flexibility index (Phi) is 6.89. The van der Waals surface area contributed by atoms with Crippen molar-refractivity contribution in [2.24, 2.45) is 5.92 Å². The second-order valence-electron chi connectivity index (χ2n) is 5.50. The average molecular weight is 314 g/mol. The van der Waals surface area contributed by atoms with Crippen molar-refractivity contribution < 1.29 is 9.53 Å². The number of carbonyl (C=O) groups excluding carboxylic acids is 1. The van der Waals surface area contributed by atoms with Crippen molar-refractivity contribution in [1.29, 1.82) is 0 Å². The van der Waals surface area contributed by atoms with Gasteiger partial charge < -0.3 is 10.1 Å². The molecule has 1 aromatic heterocycles. The van der Waals surface area contributed by atoms with E-state index in [0.717, 1.165) is 18.4 Å². The van der Waals surface area contributed by atoms with Crippen molar-refractivity contribution in [3.8, 4) is 0 Å². The standard InChI is InChI=1S/C15H24ClN3O2/c1-6-7-12-18-13(16)10(4)14(19-12)17-11(8-9(2)3)15(20)21-5/h9,11H,6-8H2,1-5H3,(H,17,18,19). The molecule has 1 unspecified atom stereocenters. The Morgan fingerprint density at radius 2 is 2.05 bits per heavy atom. The average Bonchev–Trinajstić information content (AvgIpc) is 2.42. The lowest BCUT2D eigenvalue weighted by Gasteiger charge is -2.20. The number of rotatable bonds is 7. The van der Waals surface area contributed by atoms with Crippen LogP contribution in [0.2, 0.25) is 5.15 Å². The molecule has 6 heteroatoms. The Morgan fingerprint density at radius 3 is 2.57 bits per heavy atom. The molecule has 0 aliphatic carbocycles. The van der Waals surface area contributed by atoms with Gasteiger partial charge in [-0.2, -0.15) is 0 Å². The Hall–Kier alpha value is -1.36. The van der Waals surface area contributed by atoms with E-state index in [1.807, 2.05) is 6.92 Å². The lowest BCUT2D eigenvalue weighted by molar-refractivity contribution is -0.141. The molecule has 0 saturated carbocycles. The van der Waals surface area contributed by atoms with Gasteiger partial charge in [-0.25, -0.2) is 14.8 Å². The predicted molar refractivity (Wildman–Crippen MR) is 84.7 cm³/mol. The summed E-state index contributed by atoms with van der Waals surface area (Å²) in [7, 11) is 1.39. The number of nitrogens with zero attached hydrogens (tertiary/aromatic N) is 2. The molecule has 1 heterocycles. The van der Waals surface area contributed by atoms with Gasteiger partial charge in [-0.05, 0) is 25.7 Å².